The molecule has 0 fully saturated rings. The summed E-state index contributed by atoms with van der Waals surface area (Å²) in [5.74, 6) is 0.757. The van der Waals surface area contributed by atoms with Crippen molar-refractivity contribution in [2.24, 2.45) is 5.92 Å². The van der Waals surface area contributed by atoms with Gasteiger partial charge in [0.25, 0.3) is 0 Å². The van der Waals surface area contributed by atoms with Crippen molar-refractivity contribution in [3.05, 3.63) is 12.2 Å². The highest BCUT2D eigenvalue weighted by atomic mass is 14.9. The maximum Gasteiger partial charge on any atom is 0.00965 e. The second-order valence-electron chi connectivity index (χ2n) is 5.23. The lowest BCUT2D eigenvalue weighted by atomic mass is 9.99. The molecule has 78 valence electrons. The third kappa shape index (κ3) is 9.62. The summed E-state index contributed by atoms with van der Waals surface area (Å²) in [7, 11) is 0. The van der Waals surface area contributed by atoms with Crippen LogP contribution in [0.15, 0.2) is 12.2 Å². The molecule has 1 heteroatoms. The van der Waals surface area contributed by atoms with E-state index >= 15 is 0 Å². The normalized spacial score (nSPS) is 14.2. The fourth-order valence-corrected chi connectivity index (χ4v) is 1.39. The first-order valence-electron chi connectivity index (χ1n) is 5.20. The molecule has 0 rings (SSSR count). The van der Waals surface area contributed by atoms with Gasteiger partial charge >= 0.3 is 0 Å². The van der Waals surface area contributed by atoms with Gasteiger partial charge in [0.05, 0.1) is 0 Å². The van der Waals surface area contributed by atoms with Crippen molar-refractivity contribution in [3.63, 3.8) is 0 Å². The molecule has 0 saturated heterocycles. The minimum Gasteiger partial charge on any atom is -0.312 e. The van der Waals surface area contributed by atoms with Crippen molar-refractivity contribution in [3.8, 4) is 0 Å². The van der Waals surface area contributed by atoms with Crippen molar-refractivity contribution >= 4 is 0 Å². The Morgan fingerprint density at radius 1 is 1.38 bits per heavy atom. The Labute approximate surface area is 83.6 Å². The predicted molar refractivity (Wildman–Crippen MR) is 61.0 cm³/mol. The second kappa shape index (κ2) is 5.43. The molecule has 0 aromatic rings. The highest BCUT2D eigenvalue weighted by Gasteiger charge is 2.09. The molecule has 0 aromatic carbocycles. The predicted octanol–water partition coefficient (Wildman–Crippen LogP) is 3.37. The smallest absolute Gasteiger partial charge is 0.00965 e. The van der Waals surface area contributed by atoms with Crippen LogP contribution in [0.4, 0.5) is 0 Å². The molecule has 1 N–H and O–H groups in total. The quantitative estimate of drug-likeness (QED) is 0.644. The number of hydrogen-bond donors (Lipinski definition) is 1. The van der Waals surface area contributed by atoms with Crippen molar-refractivity contribution in [2.75, 3.05) is 6.54 Å². The fourth-order valence-electron chi connectivity index (χ4n) is 1.39. The maximum absolute atomic E-state index is 3.93. The van der Waals surface area contributed by atoms with Gasteiger partial charge in [0, 0.05) is 5.54 Å². The van der Waals surface area contributed by atoms with Crippen molar-refractivity contribution < 1.29 is 0 Å². The van der Waals surface area contributed by atoms with Crippen LogP contribution in [0.2, 0.25) is 0 Å². The molecule has 0 saturated carbocycles. The van der Waals surface area contributed by atoms with Crippen LogP contribution in [0.5, 0.6) is 0 Å². The topological polar surface area (TPSA) is 12.0 Å². The highest BCUT2D eigenvalue weighted by molar-refractivity contribution is 4.89. The Balaban J connectivity index is 3.48. The lowest BCUT2D eigenvalue weighted by Crippen LogP contribution is -2.36. The lowest BCUT2D eigenvalue weighted by Gasteiger charge is -2.21. The fraction of sp³-hybridized carbons (Fsp3) is 0.833. The monoisotopic (exact) mass is 183 g/mol. The molecule has 0 spiro atoms. The van der Waals surface area contributed by atoms with Crippen LogP contribution in [-0.2, 0) is 0 Å². The van der Waals surface area contributed by atoms with Crippen molar-refractivity contribution in [2.45, 2.75) is 53.0 Å². The summed E-state index contributed by atoms with van der Waals surface area (Å²) >= 11 is 0. The van der Waals surface area contributed by atoms with E-state index in [-0.39, 0.29) is 5.54 Å². The van der Waals surface area contributed by atoms with Crippen LogP contribution in [-0.4, -0.2) is 12.1 Å². The van der Waals surface area contributed by atoms with Gasteiger partial charge in [-0.3, -0.25) is 0 Å². The number of nitrogens with one attached hydrogen (secondary N) is 1. The molecule has 0 aliphatic carbocycles. The molecule has 1 unspecified atom stereocenters. The minimum absolute atomic E-state index is 0.253. The van der Waals surface area contributed by atoms with E-state index in [0.29, 0.717) is 0 Å². The van der Waals surface area contributed by atoms with Gasteiger partial charge in [-0.15, -0.1) is 6.58 Å². The van der Waals surface area contributed by atoms with Gasteiger partial charge in [0.2, 0.25) is 0 Å². The van der Waals surface area contributed by atoms with Gasteiger partial charge in [0.15, 0.2) is 0 Å². The summed E-state index contributed by atoms with van der Waals surface area (Å²) in [6.45, 7) is 16.1. The molecule has 0 aliphatic rings. The minimum atomic E-state index is 0.253. The lowest BCUT2D eigenvalue weighted by molar-refractivity contribution is 0.394. The van der Waals surface area contributed by atoms with Gasteiger partial charge in [-0.25, -0.2) is 0 Å². The first-order chi connectivity index (χ1) is 5.81. The van der Waals surface area contributed by atoms with Crippen LogP contribution in [0.25, 0.3) is 0 Å². The zero-order chi connectivity index (χ0) is 10.5. The molecule has 0 aromatic heterocycles. The van der Waals surface area contributed by atoms with Gasteiger partial charge in [-0.2, -0.15) is 0 Å². The molecule has 0 aliphatic heterocycles. The van der Waals surface area contributed by atoms with Crippen LogP contribution in [0.3, 0.4) is 0 Å². The molecule has 0 radical (unpaired) electrons. The first kappa shape index (κ1) is 12.7. The molecular formula is C12H25N. The van der Waals surface area contributed by atoms with Crippen molar-refractivity contribution in [1.82, 2.24) is 5.32 Å². The van der Waals surface area contributed by atoms with E-state index < -0.39 is 0 Å². The summed E-state index contributed by atoms with van der Waals surface area (Å²) in [4.78, 5) is 0. The highest BCUT2D eigenvalue weighted by Crippen LogP contribution is 2.12. The van der Waals surface area contributed by atoms with E-state index in [1.165, 1.54) is 12.0 Å². The average molecular weight is 183 g/mol. The third-order valence-electron chi connectivity index (χ3n) is 1.99. The van der Waals surface area contributed by atoms with E-state index in [1.54, 1.807) is 0 Å². The van der Waals surface area contributed by atoms with Crippen molar-refractivity contribution in [1.29, 1.82) is 0 Å². The summed E-state index contributed by atoms with van der Waals surface area (Å²) in [6, 6.07) is 0. The molecular weight excluding hydrogens is 158 g/mol. The zero-order valence-corrected chi connectivity index (χ0v) is 9.91. The zero-order valence-electron chi connectivity index (χ0n) is 9.91. The number of allylic oxidation sites excluding steroid dienone is 1. The Morgan fingerprint density at radius 3 is 2.31 bits per heavy atom. The molecule has 0 amide bonds. The largest absolute Gasteiger partial charge is 0.312 e. The Hall–Kier alpha value is -0.300. The maximum atomic E-state index is 3.93. The molecule has 0 heterocycles. The van der Waals surface area contributed by atoms with Crippen LogP contribution in [0, 0.1) is 5.92 Å². The Kier molecular flexibility index (Phi) is 5.31. The molecule has 1 atom stereocenters. The summed E-state index contributed by atoms with van der Waals surface area (Å²) in [5, 5.41) is 3.50. The third-order valence-corrected chi connectivity index (χ3v) is 1.99. The van der Waals surface area contributed by atoms with E-state index in [9.17, 15) is 0 Å². The summed E-state index contributed by atoms with van der Waals surface area (Å²) < 4.78 is 0. The second-order valence-corrected chi connectivity index (χ2v) is 5.23. The number of rotatable bonds is 5. The Morgan fingerprint density at radius 2 is 1.92 bits per heavy atom. The Bertz CT molecular complexity index is 153. The van der Waals surface area contributed by atoms with Gasteiger partial charge < -0.3 is 5.32 Å². The van der Waals surface area contributed by atoms with E-state index in [0.717, 1.165) is 18.9 Å². The summed E-state index contributed by atoms with van der Waals surface area (Å²) in [5.41, 5.74) is 1.55. The van der Waals surface area contributed by atoms with E-state index in [4.69, 9.17) is 0 Å². The van der Waals surface area contributed by atoms with Crippen LogP contribution in [0.1, 0.15) is 47.5 Å². The van der Waals surface area contributed by atoms with Gasteiger partial charge in [-0.1, -0.05) is 12.5 Å². The number of hydrogen-bond acceptors (Lipinski definition) is 1. The first-order valence-corrected chi connectivity index (χ1v) is 5.20. The summed E-state index contributed by atoms with van der Waals surface area (Å²) in [6.07, 6.45) is 2.40. The van der Waals surface area contributed by atoms with Gasteiger partial charge in [-0.05, 0) is 53.0 Å². The van der Waals surface area contributed by atoms with E-state index in [2.05, 4.69) is 46.5 Å². The van der Waals surface area contributed by atoms with Crippen LogP contribution >= 0.6 is 0 Å². The standard InChI is InChI=1S/C12H25N/c1-10(2)9-11(3)7-8-13-12(4,5)6/h11,13H,1,7-9H2,2-6H3. The molecule has 13 heavy (non-hydrogen) atoms. The SMILES string of the molecule is C=C(C)CC(C)CCNC(C)(C)C. The molecule has 1 nitrogen and oxygen atoms in total. The average Bonchev–Trinajstić information content (AvgIpc) is 1.81. The molecule has 0 bridgehead atoms. The van der Waals surface area contributed by atoms with Crippen LogP contribution < -0.4 is 5.32 Å². The van der Waals surface area contributed by atoms with Gasteiger partial charge in [0.1, 0.15) is 0 Å². The van der Waals surface area contributed by atoms with E-state index in [1.807, 2.05) is 0 Å².